The second kappa shape index (κ2) is 8.98. The fraction of sp³-hybridized carbons (Fsp3) is 0.286. The van der Waals surface area contributed by atoms with Crippen LogP contribution in [0.25, 0.3) is 0 Å². The van der Waals surface area contributed by atoms with E-state index in [4.69, 9.17) is 0 Å². The molecule has 0 aliphatic heterocycles. The minimum Gasteiger partial charge on any atom is -0.372 e. The molecule has 0 aliphatic rings. The van der Waals surface area contributed by atoms with Crippen molar-refractivity contribution in [2.45, 2.75) is 27.2 Å². The Kier molecular flexibility index (Phi) is 6.20. The van der Waals surface area contributed by atoms with Crippen molar-refractivity contribution in [3.8, 4) is 0 Å². The van der Waals surface area contributed by atoms with E-state index >= 15 is 0 Å². The lowest BCUT2D eigenvalue weighted by Crippen LogP contribution is -2.21. The second-order valence-corrected chi connectivity index (χ2v) is 6.18. The monoisotopic (exact) mass is 362 g/mol. The summed E-state index contributed by atoms with van der Waals surface area (Å²) < 4.78 is 0. The molecule has 6 nitrogen and oxygen atoms in total. The van der Waals surface area contributed by atoms with Crippen LogP contribution in [0.3, 0.4) is 0 Å². The summed E-state index contributed by atoms with van der Waals surface area (Å²) in [6.45, 7) is 8.43. The highest BCUT2D eigenvalue weighted by atomic mass is 15.3. The van der Waals surface area contributed by atoms with Gasteiger partial charge in [-0.3, -0.25) is 0 Å². The van der Waals surface area contributed by atoms with E-state index in [1.165, 1.54) is 11.3 Å². The van der Waals surface area contributed by atoms with E-state index in [1.807, 2.05) is 24.3 Å². The number of hydrogen-bond donors (Lipinski definition) is 2. The lowest BCUT2D eigenvalue weighted by Gasteiger charge is -2.21. The summed E-state index contributed by atoms with van der Waals surface area (Å²) in [5.74, 6) is 1.11. The number of anilines is 5. The van der Waals surface area contributed by atoms with Gasteiger partial charge >= 0.3 is 0 Å². The molecule has 0 unspecified atom stereocenters. The fourth-order valence-corrected chi connectivity index (χ4v) is 2.86. The molecule has 3 aromatic rings. The third kappa shape index (κ3) is 4.94. The van der Waals surface area contributed by atoms with Gasteiger partial charge in [0.15, 0.2) is 5.82 Å². The maximum Gasteiger partial charge on any atom is 0.249 e. The summed E-state index contributed by atoms with van der Waals surface area (Å²) >= 11 is 0. The van der Waals surface area contributed by atoms with Crippen LogP contribution in [0.1, 0.15) is 26.3 Å². The van der Waals surface area contributed by atoms with Crippen molar-refractivity contribution < 1.29 is 0 Å². The molecule has 6 heteroatoms. The van der Waals surface area contributed by atoms with Crippen LogP contribution in [0.2, 0.25) is 0 Å². The van der Waals surface area contributed by atoms with E-state index in [2.05, 4.69) is 75.8 Å². The Labute approximate surface area is 160 Å². The standard InChI is InChI=1S/C21H26N6/c1-4-16-7-9-17(10-8-16)23-20-15-22-26-21(25-20)24-18-11-13-19(14-12-18)27(5-2)6-3/h7-15H,4-6H2,1-3H3,(H2,23,24,25,26). The Morgan fingerprint density at radius 3 is 2.07 bits per heavy atom. The molecule has 27 heavy (non-hydrogen) atoms. The summed E-state index contributed by atoms with van der Waals surface area (Å²) in [5.41, 5.74) is 4.41. The minimum absolute atomic E-state index is 0.459. The van der Waals surface area contributed by atoms with Gasteiger partial charge in [0, 0.05) is 30.2 Å². The van der Waals surface area contributed by atoms with Crippen LogP contribution in [0.15, 0.2) is 54.7 Å². The van der Waals surface area contributed by atoms with E-state index < -0.39 is 0 Å². The van der Waals surface area contributed by atoms with Crippen molar-refractivity contribution in [3.63, 3.8) is 0 Å². The first-order valence-corrected chi connectivity index (χ1v) is 9.39. The molecule has 140 valence electrons. The summed E-state index contributed by atoms with van der Waals surface area (Å²) in [6, 6.07) is 16.5. The molecule has 2 aromatic carbocycles. The molecule has 0 saturated carbocycles. The Morgan fingerprint density at radius 2 is 1.44 bits per heavy atom. The predicted molar refractivity (Wildman–Crippen MR) is 112 cm³/mol. The molecule has 0 radical (unpaired) electrons. The first-order valence-electron chi connectivity index (χ1n) is 9.39. The first kappa shape index (κ1) is 18.6. The summed E-state index contributed by atoms with van der Waals surface area (Å²) in [4.78, 5) is 6.79. The van der Waals surface area contributed by atoms with Crippen molar-refractivity contribution in [2.24, 2.45) is 0 Å². The topological polar surface area (TPSA) is 66.0 Å². The van der Waals surface area contributed by atoms with Gasteiger partial charge in [0.05, 0.1) is 6.20 Å². The van der Waals surface area contributed by atoms with Crippen LogP contribution in [0.5, 0.6) is 0 Å². The van der Waals surface area contributed by atoms with Crippen LogP contribution in [-0.2, 0) is 6.42 Å². The van der Waals surface area contributed by atoms with Crippen LogP contribution in [0, 0.1) is 0 Å². The van der Waals surface area contributed by atoms with Crippen LogP contribution >= 0.6 is 0 Å². The van der Waals surface area contributed by atoms with Gasteiger partial charge < -0.3 is 15.5 Å². The highest BCUT2D eigenvalue weighted by Crippen LogP contribution is 2.21. The largest absolute Gasteiger partial charge is 0.372 e. The van der Waals surface area contributed by atoms with Crippen molar-refractivity contribution in [1.29, 1.82) is 0 Å². The first-order chi connectivity index (χ1) is 13.2. The van der Waals surface area contributed by atoms with E-state index in [9.17, 15) is 0 Å². The van der Waals surface area contributed by atoms with E-state index in [1.54, 1.807) is 6.20 Å². The van der Waals surface area contributed by atoms with Gasteiger partial charge in [-0.2, -0.15) is 10.1 Å². The molecule has 0 bridgehead atoms. The molecule has 0 aliphatic carbocycles. The van der Waals surface area contributed by atoms with Crippen LogP contribution in [0.4, 0.5) is 28.8 Å². The van der Waals surface area contributed by atoms with E-state index in [0.717, 1.165) is 30.9 Å². The van der Waals surface area contributed by atoms with Crippen molar-refractivity contribution in [2.75, 3.05) is 28.6 Å². The Morgan fingerprint density at radius 1 is 0.815 bits per heavy atom. The lowest BCUT2D eigenvalue weighted by atomic mass is 10.1. The summed E-state index contributed by atoms with van der Waals surface area (Å²) in [5, 5.41) is 14.6. The van der Waals surface area contributed by atoms with Gasteiger partial charge in [-0.15, -0.1) is 5.10 Å². The molecule has 0 amide bonds. The average molecular weight is 362 g/mol. The molecule has 1 heterocycles. The highest BCUT2D eigenvalue weighted by molar-refractivity contribution is 5.61. The van der Waals surface area contributed by atoms with Crippen LogP contribution in [-0.4, -0.2) is 28.3 Å². The van der Waals surface area contributed by atoms with Gasteiger partial charge in [-0.25, -0.2) is 0 Å². The van der Waals surface area contributed by atoms with Crippen molar-refractivity contribution in [3.05, 3.63) is 60.3 Å². The Hall–Kier alpha value is -3.15. The molecular formula is C21H26N6. The number of nitrogens with one attached hydrogen (secondary N) is 2. The SMILES string of the molecule is CCc1ccc(Nc2cnnc(Nc3ccc(N(CC)CC)cc3)n2)cc1. The smallest absolute Gasteiger partial charge is 0.249 e. The van der Waals surface area contributed by atoms with Gasteiger partial charge in [0.25, 0.3) is 0 Å². The predicted octanol–water partition coefficient (Wildman–Crippen LogP) is 4.77. The average Bonchev–Trinajstić information content (AvgIpc) is 2.71. The van der Waals surface area contributed by atoms with E-state index in [-0.39, 0.29) is 0 Å². The van der Waals surface area contributed by atoms with Gasteiger partial charge in [0.1, 0.15) is 0 Å². The highest BCUT2D eigenvalue weighted by Gasteiger charge is 2.04. The molecule has 3 rings (SSSR count). The maximum atomic E-state index is 4.49. The quantitative estimate of drug-likeness (QED) is 0.602. The van der Waals surface area contributed by atoms with Crippen molar-refractivity contribution >= 4 is 28.8 Å². The van der Waals surface area contributed by atoms with Gasteiger partial charge in [0.2, 0.25) is 5.95 Å². The maximum absolute atomic E-state index is 4.49. The number of nitrogens with zero attached hydrogens (tertiary/aromatic N) is 4. The third-order valence-corrected chi connectivity index (χ3v) is 4.45. The summed E-state index contributed by atoms with van der Waals surface area (Å²) in [7, 11) is 0. The number of hydrogen-bond acceptors (Lipinski definition) is 6. The zero-order valence-electron chi connectivity index (χ0n) is 16.1. The number of rotatable bonds is 8. The molecule has 0 spiro atoms. The van der Waals surface area contributed by atoms with Crippen LogP contribution < -0.4 is 15.5 Å². The third-order valence-electron chi connectivity index (χ3n) is 4.45. The van der Waals surface area contributed by atoms with Gasteiger partial charge in [-0.1, -0.05) is 19.1 Å². The molecule has 2 N–H and O–H groups in total. The van der Waals surface area contributed by atoms with E-state index in [0.29, 0.717) is 11.8 Å². The molecular weight excluding hydrogens is 336 g/mol. The number of aryl methyl sites for hydroxylation is 1. The molecule has 0 fully saturated rings. The number of aromatic nitrogens is 3. The zero-order valence-corrected chi connectivity index (χ0v) is 16.1. The normalized spacial score (nSPS) is 10.5. The van der Waals surface area contributed by atoms with Crippen molar-refractivity contribution in [1.82, 2.24) is 15.2 Å². The second-order valence-electron chi connectivity index (χ2n) is 6.18. The van der Waals surface area contributed by atoms with Gasteiger partial charge in [-0.05, 0) is 62.2 Å². The summed E-state index contributed by atoms with van der Waals surface area (Å²) in [6.07, 6.45) is 2.64. The molecule has 0 saturated heterocycles. The molecule has 0 atom stereocenters. The lowest BCUT2D eigenvalue weighted by molar-refractivity contribution is 0.866. The Balaban J connectivity index is 1.68. The zero-order chi connectivity index (χ0) is 19.1. The molecule has 1 aromatic heterocycles. The minimum atomic E-state index is 0.459. The fourth-order valence-electron chi connectivity index (χ4n) is 2.86. The number of benzene rings is 2. The Bertz CT molecular complexity index is 841.